The molecular formula is C10H19N3S. The number of nitrogens with two attached hydrogens (primary N) is 1. The second-order valence-electron chi connectivity index (χ2n) is 3.68. The lowest BCUT2D eigenvalue weighted by Gasteiger charge is -2.15. The first-order chi connectivity index (χ1) is 6.74. The van der Waals surface area contributed by atoms with Gasteiger partial charge >= 0.3 is 0 Å². The predicted octanol–water partition coefficient (Wildman–Crippen LogP) is 1.78. The van der Waals surface area contributed by atoms with Crippen molar-refractivity contribution < 1.29 is 0 Å². The maximum atomic E-state index is 5.49. The van der Waals surface area contributed by atoms with Crippen molar-refractivity contribution in [3.63, 3.8) is 0 Å². The fourth-order valence-corrected chi connectivity index (χ4v) is 1.97. The first-order valence-corrected chi connectivity index (χ1v) is 5.94. The molecule has 3 N–H and O–H groups in total. The van der Waals surface area contributed by atoms with Gasteiger partial charge in [-0.2, -0.15) is 0 Å². The molecule has 80 valence electrons. The Bertz CT molecular complexity index is 236. The van der Waals surface area contributed by atoms with Gasteiger partial charge in [-0.1, -0.05) is 6.92 Å². The summed E-state index contributed by atoms with van der Waals surface area (Å²) in [6, 6.07) is 0.357. The summed E-state index contributed by atoms with van der Waals surface area (Å²) in [5.74, 6) is 0.641. The third-order valence-electron chi connectivity index (χ3n) is 2.25. The van der Waals surface area contributed by atoms with E-state index >= 15 is 0 Å². The number of nitrogens with zero attached hydrogens (tertiary/aromatic N) is 1. The zero-order valence-electron chi connectivity index (χ0n) is 8.86. The van der Waals surface area contributed by atoms with Gasteiger partial charge in [0.25, 0.3) is 0 Å². The Hall–Kier alpha value is -0.450. The summed E-state index contributed by atoms with van der Waals surface area (Å²) in [5, 5.41) is 6.63. The average Bonchev–Trinajstić information content (AvgIpc) is 2.67. The second-order valence-corrected chi connectivity index (χ2v) is 4.61. The van der Waals surface area contributed by atoms with Crippen molar-refractivity contribution in [1.82, 2.24) is 10.3 Å². The van der Waals surface area contributed by atoms with E-state index in [9.17, 15) is 0 Å². The molecule has 0 spiro atoms. The van der Waals surface area contributed by atoms with Crippen molar-refractivity contribution in [3.8, 4) is 0 Å². The minimum absolute atomic E-state index is 0.357. The molecule has 0 aromatic carbocycles. The van der Waals surface area contributed by atoms with Gasteiger partial charge in [-0.05, 0) is 32.4 Å². The summed E-state index contributed by atoms with van der Waals surface area (Å²) in [6.07, 6.45) is 2.93. The van der Waals surface area contributed by atoms with Gasteiger partial charge in [-0.25, -0.2) is 4.98 Å². The lowest BCUT2D eigenvalue weighted by molar-refractivity contribution is 0.451. The first kappa shape index (κ1) is 11.6. The third kappa shape index (κ3) is 3.74. The van der Waals surface area contributed by atoms with Gasteiger partial charge in [0.05, 0.1) is 6.04 Å². The largest absolute Gasteiger partial charge is 0.330 e. The third-order valence-corrected chi connectivity index (χ3v) is 3.21. The highest BCUT2D eigenvalue weighted by atomic mass is 32.1. The predicted molar refractivity (Wildman–Crippen MR) is 61.4 cm³/mol. The molecule has 0 saturated carbocycles. The molecular weight excluding hydrogens is 194 g/mol. The van der Waals surface area contributed by atoms with Gasteiger partial charge < -0.3 is 11.1 Å². The zero-order valence-corrected chi connectivity index (χ0v) is 9.68. The Balaban J connectivity index is 2.24. The molecule has 2 unspecified atom stereocenters. The van der Waals surface area contributed by atoms with E-state index in [0.717, 1.165) is 24.5 Å². The molecule has 0 fully saturated rings. The van der Waals surface area contributed by atoms with Crippen LogP contribution in [0.2, 0.25) is 0 Å². The number of aromatic nitrogens is 1. The van der Waals surface area contributed by atoms with Gasteiger partial charge in [0.2, 0.25) is 0 Å². The molecule has 1 aromatic rings. The highest BCUT2D eigenvalue weighted by Gasteiger charge is 2.08. The van der Waals surface area contributed by atoms with Crippen molar-refractivity contribution in [3.05, 3.63) is 16.6 Å². The van der Waals surface area contributed by atoms with E-state index in [1.807, 2.05) is 11.6 Å². The SMILES string of the molecule is CC(CCN)CNC(C)c1nccs1. The molecule has 1 heterocycles. The van der Waals surface area contributed by atoms with Gasteiger partial charge in [0.1, 0.15) is 5.01 Å². The summed E-state index contributed by atoms with van der Waals surface area (Å²) < 4.78 is 0. The van der Waals surface area contributed by atoms with Crippen molar-refractivity contribution in [1.29, 1.82) is 0 Å². The number of thiazole rings is 1. The minimum Gasteiger partial charge on any atom is -0.330 e. The van der Waals surface area contributed by atoms with E-state index in [1.54, 1.807) is 11.3 Å². The van der Waals surface area contributed by atoms with Crippen molar-refractivity contribution in [2.75, 3.05) is 13.1 Å². The molecule has 0 saturated heterocycles. The average molecular weight is 213 g/mol. The van der Waals surface area contributed by atoms with E-state index in [2.05, 4.69) is 24.1 Å². The van der Waals surface area contributed by atoms with Crippen LogP contribution in [-0.4, -0.2) is 18.1 Å². The summed E-state index contributed by atoms with van der Waals surface area (Å²) in [7, 11) is 0. The van der Waals surface area contributed by atoms with Crippen molar-refractivity contribution >= 4 is 11.3 Å². The fourth-order valence-electron chi connectivity index (χ4n) is 1.30. The van der Waals surface area contributed by atoms with Crippen LogP contribution in [0.5, 0.6) is 0 Å². The van der Waals surface area contributed by atoms with E-state index in [4.69, 9.17) is 5.73 Å². The second kappa shape index (κ2) is 6.11. The van der Waals surface area contributed by atoms with Gasteiger partial charge in [0, 0.05) is 11.6 Å². The Morgan fingerprint density at radius 1 is 1.57 bits per heavy atom. The zero-order chi connectivity index (χ0) is 10.4. The molecule has 4 heteroatoms. The van der Waals surface area contributed by atoms with Crippen LogP contribution < -0.4 is 11.1 Å². The quantitative estimate of drug-likeness (QED) is 0.757. The van der Waals surface area contributed by atoms with Crippen LogP contribution in [0.3, 0.4) is 0 Å². The summed E-state index contributed by atoms with van der Waals surface area (Å²) in [4.78, 5) is 4.27. The number of hydrogen-bond donors (Lipinski definition) is 2. The maximum Gasteiger partial charge on any atom is 0.109 e. The Morgan fingerprint density at radius 3 is 2.93 bits per heavy atom. The Labute approximate surface area is 89.7 Å². The summed E-state index contributed by atoms with van der Waals surface area (Å²) >= 11 is 1.70. The number of hydrogen-bond acceptors (Lipinski definition) is 4. The summed E-state index contributed by atoms with van der Waals surface area (Å²) in [5.41, 5.74) is 5.49. The Kier molecular flexibility index (Phi) is 5.07. The lowest BCUT2D eigenvalue weighted by atomic mass is 10.1. The smallest absolute Gasteiger partial charge is 0.109 e. The highest BCUT2D eigenvalue weighted by molar-refractivity contribution is 7.09. The van der Waals surface area contributed by atoms with E-state index in [0.29, 0.717) is 12.0 Å². The highest BCUT2D eigenvalue weighted by Crippen LogP contribution is 2.14. The van der Waals surface area contributed by atoms with Crippen LogP contribution in [0.25, 0.3) is 0 Å². The van der Waals surface area contributed by atoms with E-state index in [-0.39, 0.29) is 0 Å². The molecule has 0 amide bonds. The standard InChI is InChI=1S/C10H19N3S/c1-8(3-4-11)7-13-9(2)10-12-5-6-14-10/h5-6,8-9,13H,3-4,7,11H2,1-2H3. The topological polar surface area (TPSA) is 50.9 Å². The van der Waals surface area contributed by atoms with E-state index in [1.165, 1.54) is 0 Å². The van der Waals surface area contributed by atoms with Crippen molar-refractivity contribution in [2.24, 2.45) is 11.7 Å². The van der Waals surface area contributed by atoms with Crippen molar-refractivity contribution in [2.45, 2.75) is 26.3 Å². The molecule has 14 heavy (non-hydrogen) atoms. The van der Waals surface area contributed by atoms with E-state index < -0.39 is 0 Å². The van der Waals surface area contributed by atoms with Crippen LogP contribution in [0, 0.1) is 5.92 Å². The Morgan fingerprint density at radius 2 is 2.36 bits per heavy atom. The van der Waals surface area contributed by atoms with Crippen LogP contribution in [0.1, 0.15) is 31.3 Å². The van der Waals surface area contributed by atoms with Crippen LogP contribution >= 0.6 is 11.3 Å². The maximum absolute atomic E-state index is 5.49. The van der Waals surface area contributed by atoms with Crippen LogP contribution in [-0.2, 0) is 0 Å². The summed E-state index contributed by atoms with van der Waals surface area (Å²) in [6.45, 7) is 6.15. The molecule has 0 aliphatic rings. The molecule has 3 nitrogen and oxygen atoms in total. The van der Waals surface area contributed by atoms with Gasteiger partial charge in [0.15, 0.2) is 0 Å². The number of rotatable bonds is 6. The van der Waals surface area contributed by atoms with Gasteiger partial charge in [-0.3, -0.25) is 0 Å². The molecule has 0 aliphatic carbocycles. The minimum atomic E-state index is 0.357. The monoisotopic (exact) mass is 213 g/mol. The molecule has 0 bridgehead atoms. The molecule has 1 aromatic heterocycles. The number of nitrogens with one attached hydrogen (secondary N) is 1. The van der Waals surface area contributed by atoms with Crippen LogP contribution in [0.4, 0.5) is 0 Å². The molecule has 0 radical (unpaired) electrons. The molecule has 0 aliphatic heterocycles. The van der Waals surface area contributed by atoms with Gasteiger partial charge in [-0.15, -0.1) is 11.3 Å². The lowest BCUT2D eigenvalue weighted by Crippen LogP contribution is -2.25. The normalized spacial score (nSPS) is 15.4. The molecule has 1 rings (SSSR count). The van der Waals surface area contributed by atoms with Crippen LogP contribution in [0.15, 0.2) is 11.6 Å². The first-order valence-electron chi connectivity index (χ1n) is 5.07. The fraction of sp³-hybridized carbons (Fsp3) is 0.700. The molecule has 2 atom stereocenters.